The van der Waals surface area contributed by atoms with E-state index in [1.807, 2.05) is 6.33 Å². The molecule has 0 amide bonds. The highest BCUT2D eigenvalue weighted by Crippen LogP contribution is 2.60. The monoisotopic (exact) mass is 273 g/mol. The highest BCUT2D eigenvalue weighted by atomic mass is 15.3. The average molecular weight is 273 g/mol. The molecule has 110 valence electrons. The third-order valence-electron chi connectivity index (χ3n) is 6.04. The Morgan fingerprint density at radius 1 is 1.10 bits per heavy atom. The average Bonchev–Trinajstić information content (AvgIpc) is 2.73. The van der Waals surface area contributed by atoms with Gasteiger partial charge in [0.25, 0.3) is 0 Å². The van der Waals surface area contributed by atoms with E-state index in [4.69, 9.17) is 0 Å². The largest absolute Gasteiger partial charge is 0.312 e. The van der Waals surface area contributed by atoms with E-state index in [1.54, 1.807) is 0 Å². The second-order valence-electron chi connectivity index (χ2n) is 8.88. The Morgan fingerprint density at radius 2 is 1.65 bits per heavy atom. The van der Waals surface area contributed by atoms with E-state index in [1.165, 1.54) is 44.3 Å². The summed E-state index contributed by atoms with van der Waals surface area (Å²) in [5, 5.41) is 8.67. The van der Waals surface area contributed by atoms with Gasteiger partial charge in [-0.05, 0) is 82.5 Å². The van der Waals surface area contributed by atoms with Gasteiger partial charge in [-0.3, -0.25) is 0 Å². The van der Waals surface area contributed by atoms with E-state index in [2.05, 4.69) is 35.5 Å². The first kappa shape index (κ1) is 12.8. The standard InChI is InChI=1S/C17H27N3/c1-16(2,3)20-11-18-19-15(20)10-17-7-12-4-13(8-17)6-14(5-12)9-17/h11-14H,4-10H2,1-3H3. The normalized spacial score (nSPS) is 39.5. The predicted molar refractivity (Wildman–Crippen MR) is 79.3 cm³/mol. The number of hydrogen-bond acceptors (Lipinski definition) is 2. The molecule has 0 atom stereocenters. The van der Waals surface area contributed by atoms with Gasteiger partial charge in [0.1, 0.15) is 12.2 Å². The topological polar surface area (TPSA) is 30.7 Å². The molecule has 0 aliphatic heterocycles. The van der Waals surface area contributed by atoms with Crippen molar-refractivity contribution in [1.82, 2.24) is 14.8 Å². The molecular weight excluding hydrogens is 246 g/mol. The quantitative estimate of drug-likeness (QED) is 0.820. The maximum atomic E-state index is 4.47. The molecule has 0 radical (unpaired) electrons. The van der Waals surface area contributed by atoms with Crippen molar-refractivity contribution in [2.45, 2.75) is 71.3 Å². The van der Waals surface area contributed by atoms with Gasteiger partial charge in [-0.15, -0.1) is 10.2 Å². The highest BCUT2D eigenvalue weighted by molar-refractivity contribution is 5.06. The van der Waals surface area contributed by atoms with Crippen molar-refractivity contribution in [3.8, 4) is 0 Å². The summed E-state index contributed by atoms with van der Waals surface area (Å²) in [7, 11) is 0. The molecule has 0 spiro atoms. The summed E-state index contributed by atoms with van der Waals surface area (Å²) in [5.41, 5.74) is 0.659. The van der Waals surface area contributed by atoms with Crippen LogP contribution in [-0.4, -0.2) is 14.8 Å². The van der Waals surface area contributed by atoms with Crippen LogP contribution in [0.3, 0.4) is 0 Å². The van der Waals surface area contributed by atoms with Crippen LogP contribution in [0.4, 0.5) is 0 Å². The fraction of sp³-hybridized carbons (Fsp3) is 0.882. The van der Waals surface area contributed by atoms with E-state index < -0.39 is 0 Å². The first-order valence-corrected chi connectivity index (χ1v) is 8.33. The van der Waals surface area contributed by atoms with Crippen LogP contribution in [0.1, 0.15) is 65.1 Å². The Hall–Kier alpha value is -0.860. The fourth-order valence-corrected chi connectivity index (χ4v) is 5.78. The van der Waals surface area contributed by atoms with Crippen LogP contribution in [0.25, 0.3) is 0 Å². The third-order valence-corrected chi connectivity index (χ3v) is 6.04. The molecule has 4 aliphatic carbocycles. The summed E-state index contributed by atoms with van der Waals surface area (Å²) in [6, 6.07) is 0. The van der Waals surface area contributed by atoms with Crippen LogP contribution in [0.2, 0.25) is 0 Å². The zero-order chi connectivity index (χ0) is 14.0. The molecule has 1 aromatic rings. The molecule has 4 fully saturated rings. The molecule has 1 heterocycles. The molecule has 0 N–H and O–H groups in total. The SMILES string of the molecule is CC(C)(C)n1cnnc1CC12CC3CC(CC(C3)C1)C2. The Kier molecular flexibility index (Phi) is 2.62. The lowest BCUT2D eigenvalue weighted by Gasteiger charge is -2.57. The van der Waals surface area contributed by atoms with Gasteiger partial charge in [-0.25, -0.2) is 0 Å². The summed E-state index contributed by atoms with van der Waals surface area (Å²) >= 11 is 0. The van der Waals surface area contributed by atoms with Crippen LogP contribution in [0, 0.1) is 23.2 Å². The van der Waals surface area contributed by atoms with Gasteiger partial charge in [-0.1, -0.05) is 0 Å². The van der Waals surface area contributed by atoms with Gasteiger partial charge >= 0.3 is 0 Å². The van der Waals surface area contributed by atoms with E-state index in [9.17, 15) is 0 Å². The summed E-state index contributed by atoms with van der Waals surface area (Å²) in [6.45, 7) is 6.75. The van der Waals surface area contributed by atoms with Crippen molar-refractivity contribution in [3.05, 3.63) is 12.2 Å². The molecule has 1 aromatic heterocycles. The minimum atomic E-state index is 0.0983. The summed E-state index contributed by atoms with van der Waals surface area (Å²) < 4.78 is 2.30. The smallest absolute Gasteiger partial charge is 0.133 e. The number of rotatable bonds is 2. The minimum Gasteiger partial charge on any atom is -0.312 e. The van der Waals surface area contributed by atoms with Crippen molar-refractivity contribution in [2.24, 2.45) is 23.2 Å². The number of hydrogen-bond donors (Lipinski definition) is 0. The lowest BCUT2D eigenvalue weighted by atomic mass is 9.49. The van der Waals surface area contributed by atoms with Gasteiger partial charge < -0.3 is 4.57 Å². The van der Waals surface area contributed by atoms with Gasteiger partial charge in [0.2, 0.25) is 0 Å². The van der Waals surface area contributed by atoms with Crippen LogP contribution in [0.15, 0.2) is 6.33 Å². The van der Waals surface area contributed by atoms with Gasteiger partial charge in [0.15, 0.2) is 0 Å². The van der Waals surface area contributed by atoms with E-state index in [0.29, 0.717) is 5.41 Å². The van der Waals surface area contributed by atoms with Crippen LogP contribution < -0.4 is 0 Å². The van der Waals surface area contributed by atoms with E-state index in [-0.39, 0.29) is 5.54 Å². The second-order valence-corrected chi connectivity index (χ2v) is 8.88. The minimum absolute atomic E-state index is 0.0983. The fourth-order valence-electron chi connectivity index (χ4n) is 5.78. The molecule has 4 saturated carbocycles. The van der Waals surface area contributed by atoms with Crippen molar-refractivity contribution in [3.63, 3.8) is 0 Å². The number of aromatic nitrogens is 3. The van der Waals surface area contributed by atoms with E-state index in [0.717, 1.165) is 24.2 Å². The molecule has 3 heteroatoms. The summed E-state index contributed by atoms with van der Waals surface area (Å²) in [5.74, 6) is 4.28. The maximum absolute atomic E-state index is 4.47. The van der Waals surface area contributed by atoms with Gasteiger partial charge in [0.05, 0.1) is 0 Å². The zero-order valence-corrected chi connectivity index (χ0v) is 13.1. The molecular formula is C17H27N3. The van der Waals surface area contributed by atoms with E-state index >= 15 is 0 Å². The van der Waals surface area contributed by atoms with Crippen molar-refractivity contribution in [2.75, 3.05) is 0 Å². The Morgan fingerprint density at radius 3 is 2.15 bits per heavy atom. The molecule has 20 heavy (non-hydrogen) atoms. The van der Waals surface area contributed by atoms with Crippen LogP contribution in [0.5, 0.6) is 0 Å². The molecule has 3 nitrogen and oxygen atoms in total. The Labute approximate surface area is 122 Å². The molecule has 4 aliphatic rings. The molecule has 0 unspecified atom stereocenters. The van der Waals surface area contributed by atoms with Crippen LogP contribution in [-0.2, 0) is 12.0 Å². The Balaban J connectivity index is 1.62. The summed E-state index contributed by atoms with van der Waals surface area (Å²) in [6.07, 6.45) is 12.0. The summed E-state index contributed by atoms with van der Waals surface area (Å²) in [4.78, 5) is 0. The zero-order valence-electron chi connectivity index (χ0n) is 13.1. The molecule has 4 bridgehead atoms. The lowest BCUT2D eigenvalue weighted by Crippen LogP contribution is -2.47. The maximum Gasteiger partial charge on any atom is 0.133 e. The first-order chi connectivity index (χ1) is 9.44. The first-order valence-electron chi connectivity index (χ1n) is 8.33. The molecule has 0 saturated heterocycles. The van der Waals surface area contributed by atoms with Gasteiger partial charge in [-0.2, -0.15) is 0 Å². The van der Waals surface area contributed by atoms with Gasteiger partial charge in [0, 0.05) is 12.0 Å². The van der Waals surface area contributed by atoms with Crippen molar-refractivity contribution in [1.29, 1.82) is 0 Å². The highest BCUT2D eigenvalue weighted by Gasteiger charge is 2.51. The Bertz CT molecular complexity index is 473. The second kappa shape index (κ2) is 4.08. The lowest BCUT2D eigenvalue weighted by molar-refractivity contribution is -0.0538. The van der Waals surface area contributed by atoms with Crippen molar-refractivity contribution >= 4 is 0 Å². The van der Waals surface area contributed by atoms with Crippen molar-refractivity contribution < 1.29 is 0 Å². The molecule has 0 aromatic carbocycles. The number of nitrogens with zero attached hydrogens (tertiary/aromatic N) is 3. The molecule has 5 rings (SSSR count). The third kappa shape index (κ3) is 2.01. The predicted octanol–water partition coefficient (Wildman–Crippen LogP) is 3.79. The van der Waals surface area contributed by atoms with Crippen LogP contribution >= 0.6 is 0 Å².